The largest absolute Gasteiger partial charge is 0.465 e. The van der Waals surface area contributed by atoms with Crippen molar-refractivity contribution in [2.24, 2.45) is 0 Å². The molecule has 0 bridgehead atoms. The molecule has 2 aromatic carbocycles. The van der Waals surface area contributed by atoms with Crippen LogP contribution in [-0.2, 0) is 4.79 Å². The molecule has 10 nitrogen and oxygen atoms in total. The van der Waals surface area contributed by atoms with Crippen LogP contribution in [-0.4, -0.2) is 41.6 Å². The predicted molar refractivity (Wildman–Crippen MR) is 131 cm³/mol. The van der Waals surface area contributed by atoms with Gasteiger partial charge in [-0.1, -0.05) is 30.3 Å². The van der Waals surface area contributed by atoms with Gasteiger partial charge in [0.15, 0.2) is 11.5 Å². The fraction of sp³-hybridized carbons (Fsp3) is 0.240. The van der Waals surface area contributed by atoms with Gasteiger partial charge in [-0.25, -0.2) is 4.79 Å². The molecule has 0 saturated heterocycles. The van der Waals surface area contributed by atoms with Crippen molar-refractivity contribution in [3.8, 4) is 17.4 Å². The minimum Gasteiger partial charge on any atom is -0.465 e. The molecule has 3 N–H and O–H groups in total. The highest BCUT2D eigenvalue weighted by Crippen LogP contribution is 2.32. The van der Waals surface area contributed by atoms with E-state index in [1.807, 2.05) is 11.8 Å². The Labute approximate surface area is 202 Å². The number of nitriles is 1. The summed E-state index contributed by atoms with van der Waals surface area (Å²) in [5.41, 5.74) is 2.62. The average molecular weight is 476 g/mol. The molecule has 1 heterocycles. The normalized spacial score (nSPS) is 10.3. The van der Waals surface area contributed by atoms with E-state index in [9.17, 15) is 24.8 Å². The van der Waals surface area contributed by atoms with Gasteiger partial charge in [0.05, 0.1) is 34.7 Å². The van der Waals surface area contributed by atoms with Gasteiger partial charge in [0.25, 0.3) is 0 Å². The lowest BCUT2D eigenvalue weighted by molar-refractivity contribution is -0.115. The third-order valence-electron chi connectivity index (χ3n) is 5.16. The van der Waals surface area contributed by atoms with Crippen molar-refractivity contribution in [3.05, 3.63) is 59.3 Å². The Bertz CT molecular complexity index is 1310. The van der Waals surface area contributed by atoms with Gasteiger partial charge in [-0.05, 0) is 31.5 Å². The number of benzene rings is 2. The lowest BCUT2D eigenvalue weighted by Crippen LogP contribution is -2.21. The van der Waals surface area contributed by atoms with Gasteiger partial charge in [-0.15, -0.1) is 0 Å². The Morgan fingerprint density at radius 1 is 1.14 bits per heavy atom. The second-order valence-corrected chi connectivity index (χ2v) is 7.94. The van der Waals surface area contributed by atoms with E-state index in [0.29, 0.717) is 34.8 Å². The van der Waals surface area contributed by atoms with Gasteiger partial charge in [-0.2, -0.15) is 5.26 Å². The molecule has 0 unspecified atom stereocenters. The Balaban J connectivity index is 1.82. The molecule has 3 rings (SSSR count). The zero-order valence-corrected chi connectivity index (χ0v) is 19.6. The summed E-state index contributed by atoms with van der Waals surface area (Å²) in [5, 5.41) is 27.5. The number of carboxylic acid groups (broad SMARTS) is 1. The number of amides is 2. The molecule has 0 fully saturated rings. The van der Waals surface area contributed by atoms with Crippen molar-refractivity contribution >= 4 is 34.8 Å². The van der Waals surface area contributed by atoms with Gasteiger partial charge in [0, 0.05) is 30.8 Å². The number of rotatable bonds is 9. The molecule has 10 heteroatoms. The number of ketones is 1. The maximum Gasteiger partial charge on any atom is 0.409 e. The van der Waals surface area contributed by atoms with Crippen LogP contribution in [0.2, 0.25) is 0 Å². The minimum atomic E-state index is -1.33. The zero-order chi connectivity index (χ0) is 25.5. The quantitative estimate of drug-likeness (QED) is 0.299. The molecule has 3 aromatic rings. The summed E-state index contributed by atoms with van der Waals surface area (Å²) in [5.74, 6) is -0.584. The highest BCUT2D eigenvalue weighted by atomic mass is 16.5. The number of carbonyl (C=O) groups excluding carboxylic acids is 2. The van der Waals surface area contributed by atoms with Gasteiger partial charge in [-0.3, -0.25) is 14.9 Å². The number of nitrogens with zero attached hydrogens (tertiary/aromatic N) is 3. The van der Waals surface area contributed by atoms with Crippen molar-refractivity contribution in [3.63, 3.8) is 0 Å². The van der Waals surface area contributed by atoms with E-state index < -0.39 is 24.2 Å². The summed E-state index contributed by atoms with van der Waals surface area (Å²) >= 11 is 0. The SMILES string of the molecule is CCCN(C)c1cc(NC(=O)O)c(NC(=O)CC(=O)c2cccc(-c3cc(C)no3)c2)cc1C#N. The van der Waals surface area contributed by atoms with E-state index in [2.05, 4.69) is 21.9 Å². The summed E-state index contributed by atoms with van der Waals surface area (Å²) in [6.45, 7) is 4.41. The third kappa shape index (κ3) is 6.23. The number of aryl methyl sites for hydroxylation is 1. The van der Waals surface area contributed by atoms with E-state index >= 15 is 0 Å². The first-order valence-electron chi connectivity index (χ1n) is 10.9. The highest BCUT2D eigenvalue weighted by Gasteiger charge is 2.19. The lowest BCUT2D eigenvalue weighted by Gasteiger charge is -2.22. The molecular weight excluding hydrogens is 450 g/mol. The van der Waals surface area contributed by atoms with Crippen LogP contribution in [0.5, 0.6) is 0 Å². The van der Waals surface area contributed by atoms with Crippen molar-refractivity contribution in [2.45, 2.75) is 26.7 Å². The highest BCUT2D eigenvalue weighted by molar-refractivity contribution is 6.12. The number of hydrogen-bond acceptors (Lipinski definition) is 7. The van der Waals surface area contributed by atoms with Crippen molar-refractivity contribution in [2.75, 3.05) is 29.1 Å². The number of hydrogen-bond donors (Lipinski definition) is 3. The molecule has 1 aromatic heterocycles. The second-order valence-electron chi connectivity index (χ2n) is 7.94. The standard InChI is InChI=1S/C25H25N5O5/c1-4-8-30(3)21-12-20(28-25(33)34)19(11-18(21)14-26)27-24(32)13-22(31)16-6-5-7-17(10-16)23-9-15(2)29-35-23/h5-7,9-12,28H,4,8,13H2,1-3H3,(H,27,32)(H,33,34). The van der Waals surface area contributed by atoms with Gasteiger partial charge >= 0.3 is 6.09 Å². The van der Waals surface area contributed by atoms with E-state index in [1.165, 1.54) is 12.1 Å². The smallest absolute Gasteiger partial charge is 0.409 e. The Morgan fingerprint density at radius 2 is 1.89 bits per heavy atom. The molecule has 0 saturated carbocycles. The van der Waals surface area contributed by atoms with Crippen LogP contribution < -0.4 is 15.5 Å². The van der Waals surface area contributed by atoms with Crippen LogP contribution in [0.15, 0.2) is 47.0 Å². The number of Topliss-reactive ketones (excluding diaryl/α,β-unsaturated/α-hetero) is 1. The summed E-state index contributed by atoms with van der Waals surface area (Å²) < 4.78 is 5.23. The van der Waals surface area contributed by atoms with Crippen LogP contribution >= 0.6 is 0 Å². The lowest BCUT2D eigenvalue weighted by atomic mass is 10.0. The van der Waals surface area contributed by atoms with Crippen molar-refractivity contribution < 1.29 is 24.0 Å². The monoisotopic (exact) mass is 475 g/mol. The molecule has 0 aliphatic rings. The molecule has 2 amide bonds. The van der Waals surface area contributed by atoms with Crippen LogP contribution in [0.1, 0.15) is 41.4 Å². The first-order chi connectivity index (χ1) is 16.7. The van der Waals surface area contributed by atoms with Gasteiger partial charge < -0.3 is 19.8 Å². The average Bonchev–Trinajstić information content (AvgIpc) is 3.26. The second kappa shape index (κ2) is 11.0. The van der Waals surface area contributed by atoms with Crippen LogP contribution in [0.3, 0.4) is 0 Å². The van der Waals surface area contributed by atoms with Crippen molar-refractivity contribution in [1.29, 1.82) is 5.26 Å². The molecule has 0 radical (unpaired) electrons. The van der Waals surface area contributed by atoms with E-state index in [0.717, 1.165) is 6.42 Å². The first-order valence-corrected chi connectivity index (χ1v) is 10.9. The maximum atomic E-state index is 12.8. The molecular formula is C25H25N5O5. The Hall–Kier alpha value is -4.65. The summed E-state index contributed by atoms with van der Waals surface area (Å²) in [6.07, 6.45) is -0.990. The summed E-state index contributed by atoms with van der Waals surface area (Å²) in [6, 6.07) is 13.3. The zero-order valence-electron chi connectivity index (χ0n) is 19.6. The van der Waals surface area contributed by atoms with Crippen LogP contribution in [0.4, 0.5) is 21.9 Å². The number of carbonyl (C=O) groups is 3. The molecule has 0 spiro atoms. The Kier molecular flexibility index (Phi) is 7.84. The summed E-state index contributed by atoms with van der Waals surface area (Å²) in [4.78, 5) is 38.6. The molecule has 35 heavy (non-hydrogen) atoms. The van der Waals surface area contributed by atoms with Crippen LogP contribution in [0, 0.1) is 18.3 Å². The van der Waals surface area contributed by atoms with E-state index in [4.69, 9.17) is 4.52 Å². The number of anilines is 3. The Morgan fingerprint density at radius 3 is 2.51 bits per heavy atom. The number of nitrogens with one attached hydrogen (secondary N) is 2. The summed E-state index contributed by atoms with van der Waals surface area (Å²) in [7, 11) is 1.79. The first kappa shape index (κ1) is 25.0. The molecule has 0 aliphatic carbocycles. The van der Waals surface area contributed by atoms with Gasteiger partial charge in [0.2, 0.25) is 5.91 Å². The number of aromatic nitrogens is 1. The predicted octanol–water partition coefficient (Wildman–Crippen LogP) is 4.67. The third-order valence-corrected chi connectivity index (χ3v) is 5.16. The van der Waals surface area contributed by atoms with Crippen molar-refractivity contribution in [1.82, 2.24) is 5.16 Å². The molecule has 0 atom stereocenters. The van der Waals surface area contributed by atoms with E-state index in [1.54, 1.807) is 44.3 Å². The topological polar surface area (TPSA) is 149 Å². The maximum absolute atomic E-state index is 12.8. The van der Waals surface area contributed by atoms with Crippen LogP contribution in [0.25, 0.3) is 11.3 Å². The fourth-order valence-corrected chi connectivity index (χ4v) is 3.56. The van der Waals surface area contributed by atoms with E-state index in [-0.39, 0.29) is 16.9 Å². The fourth-order valence-electron chi connectivity index (χ4n) is 3.56. The minimum absolute atomic E-state index is 0.0845. The molecule has 0 aliphatic heterocycles. The molecule has 180 valence electrons. The van der Waals surface area contributed by atoms with Gasteiger partial charge in [0.1, 0.15) is 6.07 Å².